The highest BCUT2D eigenvalue weighted by Crippen LogP contribution is 2.17. The molecular weight excluding hydrogens is 236 g/mol. The highest BCUT2D eigenvalue weighted by Gasteiger charge is 2.11. The van der Waals surface area contributed by atoms with E-state index >= 15 is 0 Å². The average Bonchev–Trinajstić information content (AvgIpc) is 2.64. The lowest BCUT2D eigenvalue weighted by molar-refractivity contribution is 0.757. The molecule has 1 N–H and O–H groups in total. The normalized spacial score (nSPS) is 10.2. The maximum atomic E-state index is 9.12. The lowest BCUT2D eigenvalue weighted by Gasteiger charge is -2.07. The first kappa shape index (κ1) is 13.2. The maximum Gasteiger partial charge on any atom is 0.142 e. The molecule has 0 fully saturated rings. The molecule has 0 aliphatic carbocycles. The van der Waals surface area contributed by atoms with E-state index in [0.29, 0.717) is 5.56 Å². The Morgan fingerprint density at radius 3 is 2.84 bits per heavy atom. The second-order valence-corrected chi connectivity index (χ2v) is 4.71. The monoisotopic (exact) mass is 254 g/mol. The largest absolute Gasteiger partial charge is 0.369 e. The molecule has 1 heterocycles. The summed E-state index contributed by atoms with van der Waals surface area (Å²) in [4.78, 5) is 0. The summed E-state index contributed by atoms with van der Waals surface area (Å²) < 4.78 is 1.73. The molecule has 0 radical (unpaired) electrons. The molecule has 1 aromatic heterocycles. The van der Waals surface area contributed by atoms with Crippen molar-refractivity contribution in [2.75, 3.05) is 11.9 Å². The zero-order valence-corrected chi connectivity index (χ0v) is 11.6. The van der Waals surface area contributed by atoms with E-state index in [4.69, 9.17) is 5.26 Å². The maximum absolute atomic E-state index is 9.12. The van der Waals surface area contributed by atoms with Crippen LogP contribution in [0.1, 0.15) is 22.4 Å². The lowest BCUT2D eigenvalue weighted by Crippen LogP contribution is -2.09. The molecule has 0 saturated heterocycles. The number of nitrogens with one attached hydrogen (secondary N) is 1. The Hall–Kier alpha value is -2.28. The Morgan fingerprint density at radius 1 is 1.37 bits per heavy atom. The van der Waals surface area contributed by atoms with Gasteiger partial charge < -0.3 is 5.32 Å². The fourth-order valence-corrected chi connectivity index (χ4v) is 2.19. The van der Waals surface area contributed by atoms with Gasteiger partial charge >= 0.3 is 0 Å². The lowest BCUT2D eigenvalue weighted by atomic mass is 10.1. The fourth-order valence-electron chi connectivity index (χ4n) is 2.19. The van der Waals surface area contributed by atoms with Crippen molar-refractivity contribution in [1.82, 2.24) is 9.78 Å². The van der Waals surface area contributed by atoms with E-state index < -0.39 is 0 Å². The van der Waals surface area contributed by atoms with E-state index in [9.17, 15) is 0 Å². The van der Waals surface area contributed by atoms with Crippen LogP contribution in [0, 0.1) is 25.2 Å². The molecule has 0 amide bonds. The minimum absolute atomic E-state index is 0.631. The van der Waals surface area contributed by atoms with Gasteiger partial charge in [-0.15, -0.1) is 0 Å². The van der Waals surface area contributed by atoms with Crippen molar-refractivity contribution in [2.24, 2.45) is 7.05 Å². The molecule has 2 aromatic rings. The summed E-state index contributed by atoms with van der Waals surface area (Å²) in [6.07, 6.45) is 0.927. The Bertz CT molecular complexity index is 620. The number of hydrogen-bond acceptors (Lipinski definition) is 3. The van der Waals surface area contributed by atoms with Gasteiger partial charge in [0.1, 0.15) is 17.5 Å². The second kappa shape index (κ2) is 5.57. The molecule has 4 nitrogen and oxygen atoms in total. The van der Waals surface area contributed by atoms with Gasteiger partial charge in [0.25, 0.3) is 0 Å². The van der Waals surface area contributed by atoms with Crippen LogP contribution in [0.5, 0.6) is 0 Å². The van der Waals surface area contributed by atoms with Crippen LogP contribution in [-0.4, -0.2) is 16.3 Å². The third-order valence-corrected chi connectivity index (χ3v) is 3.12. The summed E-state index contributed by atoms with van der Waals surface area (Å²) in [6, 6.07) is 10.7. The zero-order valence-electron chi connectivity index (χ0n) is 11.6. The van der Waals surface area contributed by atoms with E-state index in [2.05, 4.69) is 47.7 Å². The minimum Gasteiger partial charge on any atom is -0.369 e. The summed E-state index contributed by atoms with van der Waals surface area (Å²) in [7, 11) is 1.85. The van der Waals surface area contributed by atoms with Gasteiger partial charge in [0.05, 0.1) is 5.69 Å². The summed E-state index contributed by atoms with van der Waals surface area (Å²) in [6.45, 7) is 4.73. The number of hydrogen-bond donors (Lipinski definition) is 1. The molecular formula is C15H18N4. The molecule has 0 aliphatic heterocycles. The van der Waals surface area contributed by atoms with Gasteiger partial charge in [0, 0.05) is 13.6 Å². The number of nitrogens with zero attached hydrogens (tertiary/aromatic N) is 3. The molecule has 0 bridgehead atoms. The SMILES string of the molecule is Cc1cccc(CCNc2c(C#N)c(C)nn2C)c1. The van der Waals surface area contributed by atoms with E-state index in [0.717, 1.165) is 24.5 Å². The van der Waals surface area contributed by atoms with E-state index in [1.165, 1.54) is 11.1 Å². The smallest absolute Gasteiger partial charge is 0.142 e. The molecule has 19 heavy (non-hydrogen) atoms. The second-order valence-electron chi connectivity index (χ2n) is 4.71. The predicted octanol–water partition coefficient (Wildman–Crippen LogP) is 2.56. The molecule has 1 aromatic carbocycles. The Kier molecular flexibility index (Phi) is 3.86. The van der Waals surface area contributed by atoms with Crippen LogP contribution >= 0.6 is 0 Å². The van der Waals surface area contributed by atoms with Gasteiger partial charge in [-0.25, -0.2) is 0 Å². The van der Waals surface area contributed by atoms with Crippen molar-refractivity contribution in [3.05, 3.63) is 46.6 Å². The third kappa shape index (κ3) is 2.94. The van der Waals surface area contributed by atoms with Gasteiger partial charge in [-0.1, -0.05) is 29.8 Å². The molecule has 4 heteroatoms. The first-order valence-electron chi connectivity index (χ1n) is 6.35. The van der Waals surface area contributed by atoms with Crippen LogP contribution in [-0.2, 0) is 13.5 Å². The number of nitriles is 1. The third-order valence-electron chi connectivity index (χ3n) is 3.12. The molecule has 98 valence electrons. The minimum atomic E-state index is 0.631. The number of aryl methyl sites for hydroxylation is 3. The number of rotatable bonds is 4. The van der Waals surface area contributed by atoms with Gasteiger partial charge in [-0.2, -0.15) is 10.4 Å². The Labute approximate surface area is 113 Å². The standard InChI is InChI=1S/C15H18N4/c1-11-5-4-6-13(9-11)7-8-17-15-14(10-16)12(2)18-19(15)3/h4-6,9,17H,7-8H2,1-3H3. The Balaban J connectivity index is 2.02. The van der Waals surface area contributed by atoms with E-state index in [1.54, 1.807) is 4.68 Å². The molecule has 0 aliphatic rings. The summed E-state index contributed by atoms with van der Waals surface area (Å²) in [5, 5.41) is 16.7. The molecule has 0 unspecified atom stereocenters. The number of anilines is 1. The highest BCUT2D eigenvalue weighted by molar-refractivity contribution is 5.55. The van der Waals surface area contributed by atoms with E-state index in [-0.39, 0.29) is 0 Å². The van der Waals surface area contributed by atoms with Gasteiger partial charge in [0.15, 0.2) is 0 Å². The first-order chi connectivity index (χ1) is 9.11. The van der Waals surface area contributed by atoms with Crippen molar-refractivity contribution in [3.63, 3.8) is 0 Å². The number of aromatic nitrogens is 2. The van der Waals surface area contributed by atoms with Crippen molar-refractivity contribution in [2.45, 2.75) is 20.3 Å². The highest BCUT2D eigenvalue weighted by atomic mass is 15.3. The molecule has 2 rings (SSSR count). The number of benzene rings is 1. The van der Waals surface area contributed by atoms with Crippen molar-refractivity contribution >= 4 is 5.82 Å². The van der Waals surface area contributed by atoms with Crippen LogP contribution in [0.2, 0.25) is 0 Å². The van der Waals surface area contributed by atoms with E-state index in [1.807, 2.05) is 14.0 Å². The zero-order chi connectivity index (χ0) is 13.8. The fraction of sp³-hybridized carbons (Fsp3) is 0.333. The van der Waals surface area contributed by atoms with Crippen molar-refractivity contribution < 1.29 is 0 Å². The average molecular weight is 254 g/mol. The summed E-state index contributed by atoms with van der Waals surface area (Å²) in [5.74, 6) is 0.799. The van der Waals surface area contributed by atoms with Gasteiger partial charge in [0.2, 0.25) is 0 Å². The predicted molar refractivity (Wildman–Crippen MR) is 76.0 cm³/mol. The molecule has 0 saturated carbocycles. The quantitative estimate of drug-likeness (QED) is 0.912. The van der Waals surface area contributed by atoms with Gasteiger partial charge in [-0.3, -0.25) is 4.68 Å². The Morgan fingerprint density at radius 2 is 2.16 bits per heavy atom. The molecule has 0 atom stereocenters. The summed E-state index contributed by atoms with van der Waals surface area (Å²) in [5.41, 5.74) is 3.96. The first-order valence-corrected chi connectivity index (χ1v) is 6.35. The topological polar surface area (TPSA) is 53.6 Å². The van der Waals surface area contributed by atoms with Crippen molar-refractivity contribution in [3.8, 4) is 6.07 Å². The van der Waals surface area contributed by atoms with Crippen LogP contribution in [0.4, 0.5) is 5.82 Å². The van der Waals surface area contributed by atoms with Crippen LogP contribution in [0.15, 0.2) is 24.3 Å². The summed E-state index contributed by atoms with van der Waals surface area (Å²) >= 11 is 0. The van der Waals surface area contributed by atoms with Gasteiger partial charge in [-0.05, 0) is 25.8 Å². The van der Waals surface area contributed by atoms with Crippen LogP contribution in [0.3, 0.4) is 0 Å². The van der Waals surface area contributed by atoms with Crippen LogP contribution in [0.25, 0.3) is 0 Å². The molecule has 0 spiro atoms. The van der Waals surface area contributed by atoms with Crippen LogP contribution < -0.4 is 5.32 Å². The van der Waals surface area contributed by atoms with Crippen molar-refractivity contribution in [1.29, 1.82) is 5.26 Å².